The maximum absolute atomic E-state index is 13.2. The second kappa shape index (κ2) is 8.88. The van der Waals surface area contributed by atoms with E-state index in [0.29, 0.717) is 22.9 Å². The minimum atomic E-state index is -0.335. The van der Waals surface area contributed by atoms with Crippen molar-refractivity contribution in [2.75, 3.05) is 0 Å². The Hall–Kier alpha value is -3.58. The highest BCUT2D eigenvalue weighted by Gasteiger charge is 2.23. The highest BCUT2D eigenvalue weighted by Crippen LogP contribution is 2.31. The number of carbonyl (C=O) groups excluding carboxylic acids is 1. The first-order valence-corrected chi connectivity index (χ1v) is 11.6. The fourth-order valence-corrected chi connectivity index (χ4v) is 4.77. The molecule has 0 spiro atoms. The van der Waals surface area contributed by atoms with E-state index >= 15 is 0 Å². The van der Waals surface area contributed by atoms with Crippen LogP contribution in [0.15, 0.2) is 83.4 Å². The van der Waals surface area contributed by atoms with Crippen LogP contribution in [-0.2, 0) is 11.5 Å². The molecule has 0 fully saturated rings. The van der Waals surface area contributed by atoms with Gasteiger partial charge in [0.1, 0.15) is 5.58 Å². The number of benzene rings is 2. The average Bonchev–Trinajstić information content (AvgIpc) is 3.42. The summed E-state index contributed by atoms with van der Waals surface area (Å²) < 4.78 is 7.88. The third kappa shape index (κ3) is 3.99. The number of nitrogens with one attached hydrogen (secondary N) is 1. The predicted molar refractivity (Wildman–Crippen MR) is 127 cm³/mol. The predicted octanol–water partition coefficient (Wildman–Crippen LogP) is 5.40. The smallest absolute Gasteiger partial charge is 0.287 e. The largest absolute Gasteiger partial charge is 0.451 e. The molecule has 0 aliphatic carbocycles. The Labute approximate surface area is 189 Å². The van der Waals surface area contributed by atoms with Crippen molar-refractivity contribution in [1.82, 2.24) is 19.9 Å². The molecule has 0 saturated carbocycles. The van der Waals surface area contributed by atoms with Crippen molar-refractivity contribution in [3.63, 3.8) is 0 Å². The van der Waals surface area contributed by atoms with Crippen LogP contribution in [0.4, 0.5) is 0 Å². The van der Waals surface area contributed by atoms with Gasteiger partial charge < -0.3 is 9.73 Å². The van der Waals surface area contributed by atoms with Crippen LogP contribution in [0.1, 0.15) is 40.5 Å². The van der Waals surface area contributed by atoms with E-state index in [4.69, 9.17) is 4.42 Å². The first-order chi connectivity index (χ1) is 15.7. The van der Waals surface area contributed by atoms with Gasteiger partial charge in [-0.2, -0.15) is 11.8 Å². The van der Waals surface area contributed by atoms with Crippen LogP contribution in [0, 0.1) is 0 Å². The van der Waals surface area contributed by atoms with Crippen molar-refractivity contribution in [2.45, 2.75) is 24.5 Å². The van der Waals surface area contributed by atoms with Gasteiger partial charge in [-0.3, -0.25) is 9.20 Å². The van der Waals surface area contributed by atoms with Gasteiger partial charge in [0, 0.05) is 28.7 Å². The average molecular weight is 443 g/mol. The maximum atomic E-state index is 13.2. The van der Waals surface area contributed by atoms with Crippen molar-refractivity contribution in [2.24, 2.45) is 0 Å². The summed E-state index contributed by atoms with van der Waals surface area (Å²) in [5, 5.41) is 12.4. The number of furan rings is 1. The Bertz CT molecular complexity index is 1380. The minimum absolute atomic E-state index is 0.253. The molecule has 1 unspecified atom stereocenters. The van der Waals surface area contributed by atoms with Crippen molar-refractivity contribution in [1.29, 1.82) is 0 Å². The summed E-state index contributed by atoms with van der Waals surface area (Å²) in [5.74, 6) is 2.31. The zero-order valence-corrected chi connectivity index (χ0v) is 18.4. The quantitative estimate of drug-likeness (QED) is 0.365. The van der Waals surface area contributed by atoms with Crippen LogP contribution in [0.2, 0.25) is 0 Å². The van der Waals surface area contributed by atoms with E-state index < -0.39 is 0 Å². The molecule has 32 heavy (non-hydrogen) atoms. The topological polar surface area (TPSA) is 72.4 Å². The number of carbonyl (C=O) groups is 1. The number of amides is 1. The van der Waals surface area contributed by atoms with Gasteiger partial charge in [0.2, 0.25) is 0 Å². The summed E-state index contributed by atoms with van der Waals surface area (Å²) in [7, 11) is 0. The summed E-state index contributed by atoms with van der Waals surface area (Å²) in [6, 6.07) is 23.5. The second-order valence-electron chi connectivity index (χ2n) is 7.57. The lowest BCUT2D eigenvalue weighted by Crippen LogP contribution is -2.28. The van der Waals surface area contributed by atoms with Gasteiger partial charge in [-0.15, -0.1) is 10.2 Å². The number of aromatic nitrogens is 3. The number of para-hydroxylation sites is 1. The van der Waals surface area contributed by atoms with Crippen LogP contribution in [0.3, 0.4) is 0 Å². The third-order valence-corrected chi connectivity index (χ3v) is 6.37. The highest BCUT2D eigenvalue weighted by atomic mass is 32.2. The standard InChI is InChI=1S/C25H22N4O2S/c1-17(24-28-27-22-13-7-8-14-29(22)24)26-25(30)23-20(19-11-5-6-12-21(19)31-23)16-32-15-18-9-3-2-4-10-18/h2-14,17H,15-16H2,1H3,(H,26,30). The SMILES string of the molecule is CC(NC(=O)c1oc2ccccc2c1CSCc1ccccc1)c1nnc2ccccn12. The van der Waals surface area contributed by atoms with E-state index in [-0.39, 0.29) is 11.9 Å². The lowest BCUT2D eigenvalue weighted by Gasteiger charge is -2.12. The summed E-state index contributed by atoms with van der Waals surface area (Å²) in [6.07, 6.45) is 1.89. The molecule has 7 heteroatoms. The Kier molecular flexibility index (Phi) is 5.64. The molecule has 0 radical (unpaired) electrons. The molecule has 6 nitrogen and oxygen atoms in total. The fraction of sp³-hybridized carbons (Fsp3) is 0.160. The zero-order chi connectivity index (χ0) is 21.9. The van der Waals surface area contributed by atoms with Gasteiger partial charge in [0.25, 0.3) is 5.91 Å². The van der Waals surface area contributed by atoms with Crippen LogP contribution in [0.25, 0.3) is 16.6 Å². The summed E-state index contributed by atoms with van der Waals surface area (Å²) in [4.78, 5) is 13.2. The highest BCUT2D eigenvalue weighted by molar-refractivity contribution is 7.97. The molecule has 160 valence electrons. The van der Waals surface area contributed by atoms with Crippen molar-refractivity contribution < 1.29 is 9.21 Å². The monoisotopic (exact) mass is 442 g/mol. The lowest BCUT2D eigenvalue weighted by atomic mass is 10.1. The van der Waals surface area contributed by atoms with Gasteiger partial charge in [-0.25, -0.2) is 0 Å². The minimum Gasteiger partial charge on any atom is -0.451 e. The van der Waals surface area contributed by atoms with Gasteiger partial charge >= 0.3 is 0 Å². The Balaban J connectivity index is 1.38. The summed E-state index contributed by atoms with van der Waals surface area (Å²) >= 11 is 1.76. The number of rotatable bonds is 7. The van der Waals surface area contributed by atoms with E-state index in [1.54, 1.807) is 11.8 Å². The van der Waals surface area contributed by atoms with Crippen molar-refractivity contribution in [3.05, 3.63) is 102 Å². The molecular weight excluding hydrogens is 420 g/mol. The Morgan fingerprint density at radius 2 is 1.78 bits per heavy atom. The molecule has 1 amide bonds. The molecule has 0 bridgehead atoms. The van der Waals surface area contributed by atoms with E-state index in [0.717, 1.165) is 22.3 Å². The molecule has 1 atom stereocenters. The molecule has 1 N–H and O–H groups in total. The zero-order valence-electron chi connectivity index (χ0n) is 17.6. The fourth-order valence-electron chi connectivity index (χ4n) is 3.75. The number of thioether (sulfide) groups is 1. The Morgan fingerprint density at radius 3 is 2.66 bits per heavy atom. The van der Waals surface area contributed by atoms with E-state index in [1.165, 1.54) is 5.56 Å². The number of hydrogen-bond acceptors (Lipinski definition) is 5. The summed E-state index contributed by atoms with van der Waals surface area (Å²) in [6.45, 7) is 1.90. The summed E-state index contributed by atoms with van der Waals surface area (Å²) in [5.41, 5.74) is 3.62. The molecule has 2 aromatic carbocycles. The number of hydrogen-bond donors (Lipinski definition) is 1. The lowest BCUT2D eigenvalue weighted by molar-refractivity contribution is 0.0911. The van der Waals surface area contributed by atoms with Gasteiger partial charge in [-0.05, 0) is 30.7 Å². The first kappa shape index (κ1) is 20.3. The normalized spacial score (nSPS) is 12.3. The number of fused-ring (bicyclic) bond motifs is 2. The van der Waals surface area contributed by atoms with Crippen molar-refractivity contribution in [3.8, 4) is 0 Å². The number of nitrogens with zero attached hydrogens (tertiary/aromatic N) is 3. The molecule has 3 aromatic heterocycles. The molecule has 0 saturated heterocycles. The van der Waals surface area contributed by atoms with E-state index in [1.807, 2.05) is 78.2 Å². The molecular formula is C25H22N4O2S. The van der Waals surface area contributed by atoms with Crippen LogP contribution in [0.5, 0.6) is 0 Å². The van der Waals surface area contributed by atoms with E-state index in [2.05, 4.69) is 27.6 Å². The molecule has 5 aromatic rings. The van der Waals surface area contributed by atoms with Gasteiger partial charge in [0.15, 0.2) is 17.2 Å². The maximum Gasteiger partial charge on any atom is 0.287 e. The van der Waals surface area contributed by atoms with Crippen LogP contribution in [-0.4, -0.2) is 20.5 Å². The van der Waals surface area contributed by atoms with Crippen LogP contribution >= 0.6 is 11.8 Å². The molecule has 0 aliphatic rings. The third-order valence-electron chi connectivity index (χ3n) is 5.34. The first-order valence-electron chi connectivity index (χ1n) is 10.4. The molecule has 0 aliphatic heterocycles. The Morgan fingerprint density at radius 1 is 1.00 bits per heavy atom. The molecule has 5 rings (SSSR count). The molecule has 3 heterocycles. The van der Waals surface area contributed by atoms with E-state index in [9.17, 15) is 4.79 Å². The second-order valence-corrected chi connectivity index (χ2v) is 8.55. The van der Waals surface area contributed by atoms with Crippen LogP contribution < -0.4 is 5.32 Å². The number of pyridine rings is 1. The van der Waals surface area contributed by atoms with Gasteiger partial charge in [0.05, 0.1) is 6.04 Å². The van der Waals surface area contributed by atoms with Gasteiger partial charge in [-0.1, -0.05) is 54.6 Å². The van der Waals surface area contributed by atoms with Crippen molar-refractivity contribution >= 4 is 34.3 Å².